The van der Waals surface area contributed by atoms with E-state index in [0.29, 0.717) is 23.5 Å². The largest absolute Gasteiger partial charge is 0.478 e. The molecular formula is C17H20N4O3. The third kappa shape index (κ3) is 3.56. The summed E-state index contributed by atoms with van der Waals surface area (Å²) in [5, 5.41) is 5.64. The van der Waals surface area contributed by atoms with Crippen molar-refractivity contribution >= 4 is 17.5 Å². The second-order valence-electron chi connectivity index (χ2n) is 5.70. The minimum Gasteiger partial charge on any atom is -0.478 e. The summed E-state index contributed by atoms with van der Waals surface area (Å²) in [4.78, 5) is 28.0. The summed E-state index contributed by atoms with van der Waals surface area (Å²) in [7, 11) is 0. The Kier molecular flexibility index (Phi) is 4.79. The molecule has 2 aromatic rings. The van der Waals surface area contributed by atoms with Crippen LogP contribution in [0.3, 0.4) is 0 Å². The lowest BCUT2D eigenvalue weighted by atomic mass is 10.1. The van der Waals surface area contributed by atoms with Crippen LogP contribution in [0.25, 0.3) is 0 Å². The number of para-hydroxylation sites is 1. The molecule has 126 valence electrons. The van der Waals surface area contributed by atoms with E-state index in [2.05, 4.69) is 15.6 Å². The lowest BCUT2D eigenvalue weighted by Gasteiger charge is -2.25. The van der Waals surface area contributed by atoms with Gasteiger partial charge in [0.05, 0.1) is 17.6 Å². The molecular weight excluding hydrogens is 308 g/mol. The van der Waals surface area contributed by atoms with Gasteiger partial charge in [-0.05, 0) is 31.9 Å². The molecule has 2 N–H and O–H groups in total. The van der Waals surface area contributed by atoms with E-state index in [-0.39, 0.29) is 11.8 Å². The molecule has 0 saturated heterocycles. The number of aryl methyl sites for hydroxylation is 1. The van der Waals surface area contributed by atoms with Crippen LogP contribution in [0.1, 0.15) is 30.1 Å². The van der Waals surface area contributed by atoms with Crippen LogP contribution >= 0.6 is 0 Å². The second kappa shape index (κ2) is 7.16. The Morgan fingerprint density at radius 1 is 1.42 bits per heavy atom. The van der Waals surface area contributed by atoms with Crippen LogP contribution in [0.5, 0.6) is 5.75 Å². The zero-order chi connectivity index (χ0) is 16.9. The summed E-state index contributed by atoms with van der Waals surface area (Å²) in [6.45, 7) is 3.12. The van der Waals surface area contributed by atoms with Gasteiger partial charge in [-0.2, -0.15) is 0 Å². The molecule has 0 spiro atoms. The van der Waals surface area contributed by atoms with Gasteiger partial charge < -0.3 is 19.9 Å². The first-order valence-electron chi connectivity index (χ1n) is 7.99. The number of ether oxygens (including phenoxy) is 1. The Morgan fingerprint density at radius 3 is 3.08 bits per heavy atom. The molecule has 0 fully saturated rings. The van der Waals surface area contributed by atoms with E-state index in [9.17, 15) is 9.59 Å². The maximum Gasteiger partial charge on any atom is 0.265 e. The molecule has 1 aromatic carbocycles. The predicted octanol–water partition coefficient (Wildman–Crippen LogP) is 1.81. The molecule has 7 nitrogen and oxygen atoms in total. The van der Waals surface area contributed by atoms with E-state index in [1.165, 1.54) is 0 Å². The van der Waals surface area contributed by atoms with Crippen molar-refractivity contribution in [1.29, 1.82) is 0 Å². The van der Waals surface area contributed by atoms with Crippen molar-refractivity contribution in [3.05, 3.63) is 42.5 Å². The summed E-state index contributed by atoms with van der Waals surface area (Å²) in [5.74, 6) is 0.0258. The van der Waals surface area contributed by atoms with Gasteiger partial charge in [0.2, 0.25) is 0 Å². The number of carbonyl (C=O) groups is 2. The van der Waals surface area contributed by atoms with E-state index in [1.54, 1.807) is 37.6 Å². The molecule has 24 heavy (non-hydrogen) atoms. The smallest absolute Gasteiger partial charge is 0.265 e. The number of unbranched alkanes of at least 4 members (excludes halogenated alkanes) is 1. The van der Waals surface area contributed by atoms with Crippen molar-refractivity contribution in [2.24, 2.45) is 0 Å². The van der Waals surface area contributed by atoms with Gasteiger partial charge in [-0.15, -0.1) is 0 Å². The number of amides is 2. The van der Waals surface area contributed by atoms with Crippen LogP contribution < -0.4 is 15.4 Å². The third-order valence-corrected chi connectivity index (χ3v) is 3.87. The van der Waals surface area contributed by atoms with Crippen molar-refractivity contribution in [3.63, 3.8) is 0 Å². The zero-order valence-corrected chi connectivity index (χ0v) is 13.5. The summed E-state index contributed by atoms with van der Waals surface area (Å²) in [6, 6.07) is 5.15. The molecule has 0 aliphatic carbocycles. The number of hydrogen-bond donors (Lipinski definition) is 2. The number of anilines is 1. The lowest BCUT2D eigenvalue weighted by molar-refractivity contribution is -0.122. The van der Waals surface area contributed by atoms with Crippen molar-refractivity contribution in [2.45, 2.75) is 32.4 Å². The first kappa shape index (κ1) is 16.0. The maximum absolute atomic E-state index is 12.4. The normalized spacial score (nSPS) is 16.0. The minimum absolute atomic E-state index is 0.196. The van der Waals surface area contributed by atoms with Crippen molar-refractivity contribution in [2.75, 3.05) is 11.9 Å². The monoisotopic (exact) mass is 328 g/mol. The molecule has 0 radical (unpaired) electrons. The van der Waals surface area contributed by atoms with Gasteiger partial charge in [-0.25, -0.2) is 4.98 Å². The van der Waals surface area contributed by atoms with E-state index in [0.717, 1.165) is 19.4 Å². The highest BCUT2D eigenvalue weighted by Gasteiger charge is 2.27. The van der Waals surface area contributed by atoms with Gasteiger partial charge in [0, 0.05) is 25.5 Å². The van der Waals surface area contributed by atoms with Gasteiger partial charge in [-0.3, -0.25) is 9.59 Å². The van der Waals surface area contributed by atoms with E-state index >= 15 is 0 Å². The third-order valence-electron chi connectivity index (χ3n) is 3.87. The van der Waals surface area contributed by atoms with Crippen LogP contribution in [0, 0.1) is 0 Å². The molecule has 2 amide bonds. The average Bonchev–Trinajstić information content (AvgIpc) is 3.08. The van der Waals surface area contributed by atoms with E-state index < -0.39 is 6.10 Å². The van der Waals surface area contributed by atoms with Gasteiger partial charge >= 0.3 is 0 Å². The van der Waals surface area contributed by atoms with Gasteiger partial charge in [0.25, 0.3) is 11.8 Å². The molecule has 0 unspecified atom stereocenters. The van der Waals surface area contributed by atoms with Crippen molar-refractivity contribution in [3.8, 4) is 5.75 Å². The molecule has 7 heteroatoms. The number of rotatable bonds is 6. The molecule has 3 rings (SSSR count). The summed E-state index contributed by atoms with van der Waals surface area (Å²) >= 11 is 0. The van der Waals surface area contributed by atoms with Gasteiger partial charge in [0.15, 0.2) is 11.9 Å². The Bertz CT molecular complexity index is 727. The Morgan fingerprint density at radius 2 is 2.29 bits per heavy atom. The first-order valence-corrected chi connectivity index (χ1v) is 7.99. The van der Waals surface area contributed by atoms with E-state index in [1.807, 2.05) is 10.8 Å². The van der Waals surface area contributed by atoms with Crippen LogP contribution in [0.2, 0.25) is 0 Å². The maximum atomic E-state index is 12.4. The summed E-state index contributed by atoms with van der Waals surface area (Å²) in [5.41, 5.74) is 0.972. The zero-order valence-electron chi connectivity index (χ0n) is 13.5. The lowest BCUT2D eigenvalue weighted by Crippen LogP contribution is -2.36. The fraction of sp³-hybridized carbons (Fsp3) is 0.353. The quantitative estimate of drug-likeness (QED) is 0.792. The first-order chi connectivity index (χ1) is 11.6. The predicted molar refractivity (Wildman–Crippen MR) is 89.0 cm³/mol. The number of hydrogen-bond acceptors (Lipinski definition) is 4. The Balaban J connectivity index is 1.54. The summed E-state index contributed by atoms with van der Waals surface area (Å²) < 4.78 is 7.60. The number of nitrogens with zero attached hydrogens (tertiary/aromatic N) is 2. The van der Waals surface area contributed by atoms with Gasteiger partial charge in [0.1, 0.15) is 0 Å². The number of aromatic nitrogens is 2. The number of benzene rings is 1. The van der Waals surface area contributed by atoms with Crippen molar-refractivity contribution in [1.82, 2.24) is 14.9 Å². The van der Waals surface area contributed by atoms with Gasteiger partial charge in [-0.1, -0.05) is 6.07 Å². The van der Waals surface area contributed by atoms with Crippen LogP contribution in [-0.2, 0) is 11.3 Å². The molecule has 1 atom stereocenters. The summed E-state index contributed by atoms with van der Waals surface area (Å²) in [6.07, 6.45) is 6.66. The number of fused-ring (bicyclic) bond motifs is 1. The minimum atomic E-state index is -0.610. The average molecular weight is 328 g/mol. The molecule has 1 aromatic heterocycles. The highest BCUT2D eigenvalue weighted by atomic mass is 16.5. The van der Waals surface area contributed by atoms with E-state index in [4.69, 9.17) is 4.74 Å². The fourth-order valence-corrected chi connectivity index (χ4v) is 2.54. The molecule has 2 heterocycles. The van der Waals surface area contributed by atoms with Crippen LogP contribution in [0.4, 0.5) is 5.69 Å². The topological polar surface area (TPSA) is 85.2 Å². The fourth-order valence-electron chi connectivity index (χ4n) is 2.54. The Hall–Kier alpha value is -2.83. The highest BCUT2D eigenvalue weighted by Crippen LogP contribution is 2.33. The number of imidazole rings is 1. The van der Waals surface area contributed by atoms with Crippen LogP contribution in [-0.4, -0.2) is 34.0 Å². The Labute approximate surface area is 140 Å². The standard InChI is InChI=1S/C17H20N4O3/c1-12-16(22)20-14-6-4-5-13(15(14)24-12)17(23)19-7-2-3-9-21-10-8-18-11-21/h4-6,8,10-12H,2-3,7,9H2,1H3,(H,19,23)(H,20,22)/t12-/m0/s1. The number of carbonyl (C=O) groups excluding carboxylic acids is 2. The van der Waals surface area contributed by atoms with Crippen molar-refractivity contribution < 1.29 is 14.3 Å². The molecule has 1 aliphatic rings. The van der Waals surface area contributed by atoms with Crippen LogP contribution in [0.15, 0.2) is 36.9 Å². The molecule has 1 aliphatic heterocycles. The number of nitrogens with one attached hydrogen (secondary N) is 2. The highest BCUT2D eigenvalue weighted by molar-refractivity contribution is 6.03. The SMILES string of the molecule is C[C@@H]1Oc2c(cccc2C(=O)NCCCCn2ccnc2)NC1=O. The molecule has 0 bridgehead atoms. The molecule has 0 saturated carbocycles. The second-order valence-corrected chi connectivity index (χ2v) is 5.70.